The summed E-state index contributed by atoms with van der Waals surface area (Å²) >= 11 is 0. The average molecular weight is 481 g/mol. The molecule has 2 aromatic carbocycles. The molecule has 0 spiro atoms. The number of ether oxygens (including phenoxy) is 2. The molecular formula is C28H36N2O5. The monoisotopic (exact) mass is 480 g/mol. The lowest BCUT2D eigenvalue weighted by Crippen LogP contribution is -3.12. The van der Waals surface area contributed by atoms with Gasteiger partial charge < -0.3 is 24.4 Å². The highest BCUT2D eigenvalue weighted by atomic mass is 16.5. The Morgan fingerprint density at radius 2 is 1.69 bits per heavy atom. The zero-order chi connectivity index (χ0) is 25.5. The minimum absolute atomic E-state index is 0.000834. The molecule has 1 heterocycles. The molecule has 0 radical (unpaired) electrons. The fourth-order valence-electron chi connectivity index (χ4n) is 4.41. The molecular weight excluding hydrogens is 444 g/mol. The SMILES string of the molecule is CCOc1ccccc1C1C(=C([O-])c2ccc(OC(C)C)cc2)C(=O)C(=O)N1CC[NH+](CC)CC. The second-order valence-electron chi connectivity index (χ2n) is 8.84. The maximum Gasteiger partial charge on any atom is 0.295 e. The van der Waals surface area contributed by atoms with E-state index in [0.717, 1.165) is 13.1 Å². The maximum atomic E-state index is 13.7. The number of likely N-dealkylation sites (tertiary alicyclic amines) is 1. The lowest BCUT2D eigenvalue weighted by atomic mass is 9.94. The van der Waals surface area contributed by atoms with E-state index in [1.807, 2.05) is 39.0 Å². The van der Waals surface area contributed by atoms with Crippen LogP contribution in [-0.2, 0) is 9.59 Å². The van der Waals surface area contributed by atoms with E-state index in [2.05, 4.69) is 13.8 Å². The number of nitrogens with zero attached hydrogens (tertiary/aromatic N) is 1. The molecule has 0 aliphatic carbocycles. The van der Waals surface area contributed by atoms with Gasteiger partial charge in [0.05, 0.1) is 44.9 Å². The van der Waals surface area contributed by atoms with Crippen LogP contribution in [0.15, 0.2) is 54.1 Å². The number of ketones is 1. The van der Waals surface area contributed by atoms with Crippen LogP contribution in [0, 0.1) is 0 Å². The van der Waals surface area contributed by atoms with Crippen molar-refractivity contribution in [3.8, 4) is 11.5 Å². The number of carbonyl (C=O) groups excluding carboxylic acids is 2. The molecule has 35 heavy (non-hydrogen) atoms. The Balaban J connectivity index is 2.10. The van der Waals surface area contributed by atoms with Crippen LogP contribution in [0.3, 0.4) is 0 Å². The van der Waals surface area contributed by atoms with Gasteiger partial charge in [-0.1, -0.05) is 36.1 Å². The largest absolute Gasteiger partial charge is 0.872 e. The smallest absolute Gasteiger partial charge is 0.295 e. The predicted octanol–water partition coefficient (Wildman–Crippen LogP) is 2.02. The Bertz CT molecular complexity index is 1060. The van der Waals surface area contributed by atoms with Crippen molar-refractivity contribution in [1.29, 1.82) is 0 Å². The summed E-state index contributed by atoms with van der Waals surface area (Å²) in [6, 6.07) is 13.2. The molecule has 2 aromatic rings. The second-order valence-corrected chi connectivity index (χ2v) is 8.84. The molecule has 7 nitrogen and oxygen atoms in total. The maximum absolute atomic E-state index is 13.7. The van der Waals surface area contributed by atoms with Crippen molar-refractivity contribution < 1.29 is 29.1 Å². The molecule has 188 valence electrons. The van der Waals surface area contributed by atoms with Gasteiger partial charge in [0, 0.05) is 11.1 Å². The van der Waals surface area contributed by atoms with Crippen LogP contribution in [0.2, 0.25) is 0 Å². The Hall–Kier alpha value is -3.32. The molecule has 0 saturated carbocycles. The lowest BCUT2D eigenvalue weighted by Gasteiger charge is -2.29. The molecule has 1 saturated heterocycles. The Labute approximate surface area is 207 Å². The predicted molar refractivity (Wildman–Crippen MR) is 133 cm³/mol. The molecule has 1 N–H and O–H groups in total. The summed E-state index contributed by atoms with van der Waals surface area (Å²) in [6.45, 7) is 13.2. The number of carbonyl (C=O) groups is 2. The normalized spacial score (nSPS) is 17.5. The van der Waals surface area contributed by atoms with Gasteiger partial charge in [0.25, 0.3) is 5.91 Å². The summed E-state index contributed by atoms with van der Waals surface area (Å²) in [4.78, 5) is 29.3. The van der Waals surface area contributed by atoms with Crippen LogP contribution < -0.4 is 19.5 Å². The Morgan fingerprint density at radius 3 is 2.29 bits per heavy atom. The number of para-hydroxylation sites is 1. The molecule has 1 unspecified atom stereocenters. The average Bonchev–Trinajstić information content (AvgIpc) is 3.10. The highest BCUT2D eigenvalue weighted by Gasteiger charge is 2.45. The van der Waals surface area contributed by atoms with E-state index in [0.29, 0.717) is 42.3 Å². The first-order valence-electron chi connectivity index (χ1n) is 12.4. The molecule has 1 aliphatic heterocycles. The van der Waals surface area contributed by atoms with Crippen LogP contribution in [-0.4, -0.2) is 55.5 Å². The summed E-state index contributed by atoms with van der Waals surface area (Å²) in [5, 5.41) is 13.7. The first-order valence-corrected chi connectivity index (χ1v) is 12.4. The van der Waals surface area contributed by atoms with E-state index in [9.17, 15) is 14.7 Å². The number of hydrogen-bond donors (Lipinski definition) is 1. The molecule has 1 amide bonds. The first-order chi connectivity index (χ1) is 16.8. The van der Waals surface area contributed by atoms with Gasteiger partial charge in [-0.05, 0) is 58.4 Å². The Kier molecular flexibility index (Phi) is 8.93. The van der Waals surface area contributed by atoms with Crippen molar-refractivity contribution in [3.05, 3.63) is 65.2 Å². The fraction of sp³-hybridized carbons (Fsp3) is 0.429. The molecule has 7 heteroatoms. The van der Waals surface area contributed by atoms with Gasteiger partial charge >= 0.3 is 0 Å². The molecule has 1 aliphatic rings. The van der Waals surface area contributed by atoms with Crippen molar-refractivity contribution in [2.45, 2.75) is 46.8 Å². The summed E-state index contributed by atoms with van der Waals surface area (Å²) in [7, 11) is 0. The number of likely N-dealkylation sites (N-methyl/N-ethyl adjacent to an activating group) is 1. The van der Waals surface area contributed by atoms with Gasteiger partial charge in [0.2, 0.25) is 5.78 Å². The number of quaternary nitrogens is 1. The van der Waals surface area contributed by atoms with Gasteiger partial charge in [-0.25, -0.2) is 0 Å². The summed E-state index contributed by atoms with van der Waals surface area (Å²) < 4.78 is 11.5. The summed E-state index contributed by atoms with van der Waals surface area (Å²) in [5.41, 5.74) is 0.952. The lowest BCUT2D eigenvalue weighted by molar-refractivity contribution is -0.895. The van der Waals surface area contributed by atoms with Crippen molar-refractivity contribution >= 4 is 17.4 Å². The third-order valence-electron chi connectivity index (χ3n) is 6.24. The van der Waals surface area contributed by atoms with E-state index < -0.39 is 23.5 Å². The zero-order valence-electron chi connectivity index (χ0n) is 21.3. The standard InChI is InChI=1S/C28H36N2O5/c1-6-29(7-2)17-18-30-25(22-11-9-10-12-23(22)34-8-3)24(27(32)28(30)33)26(31)20-13-15-21(16-14-20)35-19(4)5/h9-16,19,25,31H,6-8,17-18H2,1-5H3. The first kappa shape index (κ1) is 26.3. The van der Waals surface area contributed by atoms with Gasteiger partial charge in [-0.2, -0.15) is 0 Å². The van der Waals surface area contributed by atoms with Gasteiger partial charge in [0.15, 0.2) is 0 Å². The number of amides is 1. The van der Waals surface area contributed by atoms with Crippen LogP contribution >= 0.6 is 0 Å². The fourth-order valence-corrected chi connectivity index (χ4v) is 4.41. The van der Waals surface area contributed by atoms with Crippen molar-refractivity contribution in [2.24, 2.45) is 0 Å². The number of benzene rings is 2. The van der Waals surface area contributed by atoms with Crippen LogP contribution in [0.25, 0.3) is 5.76 Å². The minimum atomic E-state index is -0.799. The van der Waals surface area contributed by atoms with Gasteiger partial charge in [-0.15, -0.1) is 0 Å². The Morgan fingerprint density at radius 1 is 1.03 bits per heavy atom. The minimum Gasteiger partial charge on any atom is -0.872 e. The van der Waals surface area contributed by atoms with E-state index >= 15 is 0 Å². The van der Waals surface area contributed by atoms with Gasteiger partial charge in [0.1, 0.15) is 11.5 Å². The van der Waals surface area contributed by atoms with Crippen LogP contribution in [0.4, 0.5) is 0 Å². The van der Waals surface area contributed by atoms with Gasteiger partial charge in [-0.3, -0.25) is 9.59 Å². The van der Waals surface area contributed by atoms with Crippen molar-refractivity contribution in [3.63, 3.8) is 0 Å². The molecule has 1 atom stereocenters. The molecule has 1 fully saturated rings. The summed E-state index contributed by atoms with van der Waals surface area (Å²) in [6.07, 6.45) is 0.000834. The summed E-state index contributed by atoms with van der Waals surface area (Å²) in [5.74, 6) is -0.640. The van der Waals surface area contributed by atoms with E-state index in [-0.39, 0.29) is 11.7 Å². The molecule has 3 rings (SSSR count). The van der Waals surface area contributed by atoms with E-state index in [1.165, 1.54) is 9.80 Å². The third-order valence-corrected chi connectivity index (χ3v) is 6.24. The third kappa shape index (κ3) is 5.85. The van der Waals surface area contributed by atoms with Crippen LogP contribution in [0.1, 0.15) is 51.8 Å². The van der Waals surface area contributed by atoms with Crippen molar-refractivity contribution in [1.82, 2.24) is 4.90 Å². The topological polar surface area (TPSA) is 83.3 Å². The second kappa shape index (κ2) is 11.9. The quantitative estimate of drug-likeness (QED) is 0.302. The molecule has 0 bridgehead atoms. The highest BCUT2D eigenvalue weighted by Crippen LogP contribution is 2.42. The van der Waals surface area contributed by atoms with E-state index in [1.54, 1.807) is 30.3 Å². The van der Waals surface area contributed by atoms with Crippen molar-refractivity contribution in [2.75, 3.05) is 32.8 Å². The van der Waals surface area contributed by atoms with Crippen LogP contribution in [0.5, 0.6) is 11.5 Å². The highest BCUT2D eigenvalue weighted by molar-refractivity contribution is 6.46. The number of Topliss-reactive ketones (excluding diaryl/α,β-unsaturated/α-hetero) is 1. The number of nitrogens with one attached hydrogen (secondary N) is 1. The number of hydrogen-bond acceptors (Lipinski definition) is 5. The molecule has 0 aromatic heterocycles. The number of rotatable bonds is 11. The zero-order valence-corrected chi connectivity index (χ0v) is 21.3. The van der Waals surface area contributed by atoms with E-state index in [4.69, 9.17) is 9.47 Å².